The van der Waals surface area contributed by atoms with Crippen LogP contribution in [0.2, 0.25) is 5.02 Å². The fourth-order valence-corrected chi connectivity index (χ4v) is 2.65. The van der Waals surface area contributed by atoms with Gasteiger partial charge in [-0.1, -0.05) is 41.9 Å². The van der Waals surface area contributed by atoms with E-state index in [1.807, 2.05) is 30.3 Å². The van der Waals surface area contributed by atoms with E-state index >= 15 is 0 Å². The number of ether oxygens (including phenoxy) is 2. The summed E-state index contributed by atoms with van der Waals surface area (Å²) < 4.78 is 10.0. The van der Waals surface area contributed by atoms with Crippen molar-refractivity contribution in [2.45, 2.75) is 38.3 Å². The summed E-state index contributed by atoms with van der Waals surface area (Å²) in [5.74, 6) is -0.162. The van der Waals surface area contributed by atoms with Crippen molar-refractivity contribution in [1.29, 1.82) is 0 Å². The summed E-state index contributed by atoms with van der Waals surface area (Å²) in [4.78, 5) is 32.8. The van der Waals surface area contributed by atoms with Gasteiger partial charge in [-0.05, 0) is 25.3 Å². The van der Waals surface area contributed by atoms with E-state index in [-0.39, 0.29) is 29.1 Å². The quantitative estimate of drug-likeness (QED) is 0.726. The Kier molecular flexibility index (Phi) is 5.91. The molecule has 3 rings (SSSR count). The second-order valence-corrected chi connectivity index (χ2v) is 6.70. The Bertz CT molecular complexity index is 840. The van der Waals surface area contributed by atoms with Crippen molar-refractivity contribution in [3.8, 4) is 0 Å². The van der Waals surface area contributed by atoms with Crippen LogP contribution in [0.3, 0.4) is 0 Å². The molecule has 1 saturated carbocycles. The van der Waals surface area contributed by atoms with Crippen LogP contribution >= 0.6 is 11.6 Å². The molecule has 1 atom stereocenters. The Morgan fingerprint density at radius 1 is 1.26 bits per heavy atom. The maximum Gasteiger partial charge on any atom is 0.358 e. The zero-order valence-electron chi connectivity index (χ0n) is 15.1. The number of anilines is 1. The number of aromatic nitrogens is 2. The number of methoxy groups -OCH3 is 1. The number of esters is 2. The van der Waals surface area contributed by atoms with Gasteiger partial charge in [-0.25, -0.2) is 19.6 Å². The van der Waals surface area contributed by atoms with Crippen molar-refractivity contribution in [2.24, 2.45) is 0 Å². The van der Waals surface area contributed by atoms with E-state index in [2.05, 4.69) is 15.3 Å². The lowest BCUT2D eigenvalue weighted by molar-refractivity contribution is -0.145. The Labute approximate surface area is 162 Å². The van der Waals surface area contributed by atoms with Crippen LogP contribution in [0, 0.1) is 0 Å². The first-order valence-electron chi connectivity index (χ1n) is 8.62. The molecule has 1 aliphatic rings. The average Bonchev–Trinajstić information content (AvgIpc) is 3.53. The van der Waals surface area contributed by atoms with Gasteiger partial charge in [-0.2, -0.15) is 0 Å². The van der Waals surface area contributed by atoms with Crippen molar-refractivity contribution in [3.05, 3.63) is 52.4 Å². The predicted octanol–water partition coefficient (Wildman–Crippen LogP) is 3.34. The Hall–Kier alpha value is -2.67. The molecule has 1 aromatic heterocycles. The summed E-state index contributed by atoms with van der Waals surface area (Å²) in [6.45, 7) is 1.81. The fourth-order valence-electron chi connectivity index (χ4n) is 2.43. The molecule has 27 heavy (non-hydrogen) atoms. The van der Waals surface area contributed by atoms with E-state index in [1.165, 1.54) is 7.11 Å². The molecule has 0 saturated heterocycles. The molecule has 1 aromatic carbocycles. The van der Waals surface area contributed by atoms with Crippen LogP contribution < -0.4 is 5.32 Å². The minimum Gasteiger partial charge on any atom is -0.464 e. The van der Waals surface area contributed by atoms with Crippen molar-refractivity contribution in [1.82, 2.24) is 9.97 Å². The van der Waals surface area contributed by atoms with Gasteiger partial charge in [0.25, 0.3) is 0 Å². The summed E-state index contributed by atoms with van der Waals surface area (Å²) in [5.41, 5.74) is 0.880. The molecule has 0 bridgehead atoms. The molecule has 0 aliphatic heterocycles. The molecular weight excluding hydrogens is 370 g/mol. The fraction of sp³-hybridized carbons (Fsp3) is 0.368. The van der Waals surface area contributed by atoms with Gasteiger partial charge in [0.05, 0.1) is 7.11 Å². The highest BCUT2D eigenvalue weighted by Crippen LogP contribution is 2.39. The minimum atomic E-state index is -0.710. The van der Waals surface area contributed by atoms with Crippen molar-refractivity contribution in [3.63, 3.8) is 0 Å². The summed E-state index contributed by atoms with van der Waals surface area (Å²) in [7, 11) is 1.26. The van der Waals surface area contributed by atoms with Gasteiger partial charge >= 0.3 is 11.9 Å². The minimum absolute atomic E-state index is 0.0107. The molecule has 142 valence electrons. The SMILES string of the molecule is COC(=O)c1nc(C2CC2)nc(N[C@@H](C)C(=O)OCc2ccccc2)c1Cl. The van der Waals surface area contributed by atoms with E-state index in [0.29, 0.717) is 5.82 Å². The van der Waals surface area contributed by atoms with Crippen molar-refractivity contribution >= 4 is 29.4 Å². The largest absolute Gasteiger partial charge is 0.464 e. The number of nitrogens with zero attached hydrogens (tertiary/aromatic N) is 2. The number of hydrogen-bond donors (Lipinski definition) is 1. The molecule has 1 N–H and O–H groups in total. The molecule has 1 aliphatic carbocycles. The summed E-state index contributed by atoms with van der Waals surface area (Å²) in [5, 5.41) is 2.95. The van der Waals surface area contributed by atoms with Crippen LogP contribution in [0.15, 0.2) is 30.3 Å². The van der Waals surface area contributed by atoms with Crippen LogP contribution in [0.1, 0.15) is 47.6 Å². The lowest BCUT2D eigenvalue weighted by atomic mass is 10.2. The van der Waals surface area contributed by atoms with Crippen LogP contribution in [-0.2, 0) is 20.9 Å². The molecule has 0 unspecified atom stereocenters. The van der Waals surface area contributed by atoms with Crippen LogP contribution in [-0.4, -0.2) is 35.1 Å². The third kappa shape index (κ3) is 4.74. The molecule has 2 aromatic rings. The number of hydrogen-bond acceptors (Lipinski definition) is 7. The zero-order valence-corrected chi connectivity index (χ0v) is 15.8. The number of benzene rings is 1. The Balaban J connectivity index is 1.72. The molecule has 0 radical (unpaired) electrons. The topological polar surface area (TPSA) is 90.4 Å². The van der Waals surface area contributed by atoms with Gasteiger partial charge in [0.2, 0.25) is 0 Å². The number of carbonyl (C=O) groups excluding carboxylic acids is 2. The van der Waals surface area contributed by atoms with Gasteiger partial charge in [-0.15, -0.1) is 0 Å². The predicted molar refractivity (Wildman–Crippen MR) is 99.7 cm³/mol. The molecule has 7 nitrogen and oxygen atoms in total. The van der Waals surface area contributed by atoms with Crippen LogP contribution in [0.25, 0.3) is 0 Å². The molecule has 1 heterocycles. The smallest absolute Gasteiger partial charge is 0.358 e. The van der Waals surface area contributed by atoms with E-state index in [0.717, 1.165) is 18.4 Å². The monoisotopic (exact) mass is 389 g/mol. The number of halogens is 1. The van der Waals surface area contributed by atoms with E-state index in [1.54, 1.807) is 6.92 Å². The maximum absolute atomic E-state index is 12.3. The molecule has 0 amide bonds. The highest BCUT2D eigenvalue weighted by Gasteiger charge is 2.31. The first-order valence-corrected chi connectivity index (χ1v) is 9.00. The average molecular weight is 390 g/mol. The molecule has 0 spiro atoms. The lowest BCUT2D eigenvalue weighted by Gasteiger charge is -2.16. The Morgan fingerprint density at radius 3 is 2.59 bits per heavy atom. The van der Waals surface area contributed by atoms with E-state index < -0.39 is 18.0 Å². The van der Waals surface area contributed by atoms with Crippen molar-refractivity contribution < 1.29 is 19.1 Å². The summed E-state index contributed by atoms with van der Waals surface area (Å²) in [6, 6.07) is 8.68. The van der Waals surface area contributed by atoms with Gasteiger partial charge in [-0.3, -0.25) is 0 Å². The second kappa shape index (κ2) is 8.35. The van der Waals surface area contributed by atoms with Crippen LogP contribution in [0.5, 0.6) is 0 Å². The summed E-state index contributed by atoms with van der Waals surface area (Å²) >= 11 is 6.26. The van der Waals surface area contributed by atoms with E-state index in [4.69, 9.17) is 21.1 Å². The number of nitrogens with one attached hydrogen (secondary N) is 1. The third-order valence-corrected chi connectivity index (χ3v) is 4.48. The number of rotatable bonds is 7. The highest BCUT2D eigenvalue weighted by atomic mass is 35.5. The van der Waals surface area contributed by atoms with Gasteiger partial charge in [0.1, 0.15) is 29.3 Å². The van der Waals surface area contributed by atoms with Crippen molar-refractivity contribution in [2.75, 3.05) is 12.4 Å². The third-order valence-electron chi connectivity index (χ3n) is 4.12. The zero-order chi connectivity index (χ0) is 19.4. The number of carbonyl (C=O) groups is 2. The van der Waals surface area contributed by atoms with E-state index in [9.17, 15) is 9.59 Å². The van der Waals surface area contributed by atoms with Crippen LogP contribution in [0.4, 0.5) is 5.82 Å². The maximum atomic E-state index is 12.3. The lowest BCUT2D eigenvalue weighted by Crippen LogP contribution is -2.29. The van der Waals surface area contributed by atoms with Gasteiger partial charge < -0.3 is 14.8 Å². The highest BCUT2D eigenvalue weighted by molar-refractivity contribution is 6.35. The standard InChI is InChI=1S/C19H20ClN3O4/c1-11(18(24)27-10-12-6-4-3-5-7-12)21-17-14(20)15(19(25)26-2)22-16(23-17)13-8-9-13/h3-7,11,13H,8-10H2,1-2H3,(H,21,22,23)/t11-/m0/s1. The van der Waals surface area contributed by atoms with Gasteiger partial charge in [0.15, 0.2) is 5.69 Å². The summed E-state index contributed by atoms with van der Waals surface area (Å²) in [6.07, 6.45) is 1.91. The molecule has 8 heteroatoms. The first kappa shape index (κ1) is 19.1. The second-order valence-electron chi connectivity index (χ2n) is 6.32. The first-order chi connectivity index (χ1) is 13.0. The Morgan fingerprint density at radius 2 is 1.96 bits per heavy atom. The van der Waals surface area contributed by atoms with Gasteiger partial charge in [0, 0.05) is 5.92 Å². The molecule has 1 fully saturated rings. The molecular formula is C19H20ClN3O4. The normalized spacial score (nSPS) is 14.3.